The van der Waals surface area contributed by atoms with Crippen LogP contribution in [0.5, 0.6) is 0 Å². The minimum absolute atomic E-state index is 0.125. The number of carbonyl (C=O) groups is 1. The largest absolute Gasteiger partial charge is 0.382 e. The van der Waals surface area contributed by atoms with Gasteiger partial charge >= 0.3 is 0 Å². The van der Waals surface area contributed by atoms with Crippen molar-refractivity contribution in [1.29, 1.82) is 0 Å². The number of para-hydroxylation sites is 1. The van der Waals surface area contributed by atoms with Gasteiger partial charge in [0.05, 0.1) is 21.8 Å². The number of nitrogens with zero attached hydrogens (tertiary/aromatic N) is 5. The number of aryl methyl sites for hydroxylation is 2. The second-order valence-corrected chi connectivity index (χ2v) is 8.53. The maximum Gasteiger partial charge on any atom is 0.262 e. The van der Waals surface area contributed by atoms with E-state index in [0.29, 0.717) is 59.6 Å². The smallest absolute Gasteiger partial charge is 0.262 e. The van der Waals surface area contributed by atoms with Crippen molar-refractivity contribution < 1.29 is 14.1 Å². The molecule has 4 aromatic rings. The van der Waals surface area contributed by atoms with Gasteiger partial charge in [-0.25, -0.2) is 0 Å². The third kappa shape index (κ3) is 4.39. The highest BCUT2D eigenvalue weighted by Crippen LogP contribution is 2.26. The number of aromatic nitrogens is 5. The molecule has 0 spiro atoms. The topological polar surface area (TPSA) is 117 Å². The minimum atomic E-state index is -0.495. The summed E-state index contributed by atoms with van der Waals surface area (Å²) < 4.78 is 13.9. The monoisotopic (exact) mass is 456 g/mol. The summed E-state index contributed by atoms with van der Waals surface area (Å²) in [5, 5.41) is 15.6. The molecular weight excluding hydrogens is 432 g/mol. The van der Waals surface area contributed by atoms with Crippen LogP contribution in [-0.2, 0) is 16.1 Å². The summed E-state index contributed by atoms with van der Waals surface area (Å²) in [4.78, 5) is 25.7. The van der Waals surface area contributed by atoms with Gasteiger partial charge in [-0.3, -0.25) is 23.9 Å². The number of hydrogen-bond acceptors (Lipinski definition) is 8. The van der Waals surface area contributed by atoms with Crippen LogP contribution in [0.25, 0.3) is 16.7 Å². The van der Waals surface area contributed by atoms with Crippen LogP contribution in [0, 0.1) is 6.92 Å². The molecule has 1 aromatic carbocycles. The SMILES string of the molecule is CCOCCCn1c(=O)c2ccccc2n2c(SC(C)C(=O)Nc3cc(C)no3)nnc12. The molecule has 1 unspecified atom stereocenters. The fourth-order valence-corrected chi connectivity index (χ4v) is 4.19. The fourth-order valence-electron chi connectivity index (χ4n) is 3.34. The Morgan fingerprint density at radius 3 is 2.88 bits per heavy atom. The van der Waals surface area contributed by atoms with Gasteiger partial charge in [0.25, 0.3) is 5.56 Å². The highest BCUT2D eigenvalue weighted by Gasteiger charge is 2.22. The van der Waals surface area contributed by atoms with Crippen molar-refractivity contribution in [2.24, 2.45) is 0 Å². The second kappa shape index (κ2) is 9.53. The molecular formula is C21H24N6O4S. The number of thioether (sulfide) groups is 1. The zero-order valence-electron chi connectivity index (χ0n) is 18.1. The predicted octanol–water partition coefficient (Wildman–Crippen LogP) is 2.89. The molecule has 3 aromatic heterocycles. The van der Waals surface area contributed by atoms with Crippen molar-refractivity contribution in [2.45, 2.75) is 44.1 Å². The molecule has 0 saturated heterocycles. The van der Waals surface area contributed by atoms with Gasteiger partial charge in [0, 0.05) is 25.8 Å². The molecule has 168 valence electrons. The van der Waals surface area contributed by atoms with E-state index >= 15 is 0 Å². The number of anilines is 1. The number of amides is 1. The Kier molecular flexibility index (Phi) is 6.56. The molecule has 4 rings (SSSR count). The van der Waals surface area contributed by atoms with Crippen molar-refractivity contribution in [3.05, 3.63) is 46.4 Å². The van der Waals surface area contributed by atoms with Crippen LogP contribution in [0.1, 0.15) is 26.0 Å². The van der Waals surface area contributed by atoms with Crippen LogP contribution in [0.2, 0.25) is 0 Å². The minimum Gasteiger partial charge on any atom is -0.382 e. The van der Waals surface area contributed by atoms with Crippen LogP contribution in [0.15, 0.2) is 44.8 Å². The molecule has 1 atom stereocenters. The lowest BCUT2D eigenvalue weighted by molar-refractivity contribution is -0.115. The Hall–Kier alpha value is -3.18. The molecule has 0 bridgehead atoms. The lowest BCUT2D eigenvalue weighted by Crippen LogP contribution is -2.24. The van der Waals surface area contributed by atoms with Gasteiger partial charge in [0.1, 0.15) is 0 Å². The van der Waals surface area contributed by atoms with Crippen LogP contribution in [0.3, 0.4) is 0 Å². The summed E-state index contributed by atoms with van der Waals surface area (Å²) in [6.07, 6.45) is 0.673. The summed E-state index contributed by atoms with van der Waals surface area (Å²) in [6.45, 7) is 7.11. The summed E-state index contributed by atoms with van der Waals surface area (Å²) in [5.41, 5.74) is 1.25. The first-order valence-electron chi connectivity index (χ1n) is 10.3. The third-order valence-electron chi connectivity index (χ3n) is 4.88. The molecule has 0 aliphatic heterocycles. The van der Waals surface area contributed by atoms with Gasteiger partial charge in [-0.2, -0.15) is 0 Å². The van der Waals surface area contributed by atoms with Gasteiger partial charge in [-0.05, 0) is 39.3 Å². The van der Waals surface area contributed by atoms with Gasteiger partial charge in [-0.15, -0.1) is 10.2 Å². The molecule has 0 saturated carbocycles. The van der Waals surface area contributed by atoms with E-state index in [1.807, 2.05) is 29.5 Å². The molecule has 1 amide bonds. The molecule has 32 heavy (non-hydrogen) atoms. The summed E-state index contributed by atoms with van der Waals surface area (Å²) in [7, 11) is 0. The molecule has 11 heteroatoms. The first-order chi connectivity index (χ1) is 15.5. The van der Waals surface area contributed by atoms with E-state index in [4.69, 9.17) is 9.26 Å². The van der Waals surface area contributed by atoms with Crippen LogP contribution < -0.4 is 10.9 Å². The van der Waals surface area contributed by atoms with E-state index < -0.39 is 5.25 Å². The molecule has 0 aliphatic carbocycles. The maximum absolute atomic E-state index is 13.1. The zero-order valence-corrected chi connectivity index (χ0v) is 18.9. The molecule has 0 aliphatic rings. The third-order valence-corrected chi connectivity index (χ3v) is 5.92. The molecule has 0 radical (unpaired) electrons. The summed E-state index contributed by atoms with van der Waals surface area (Å²) >= 11 is 1.25. The van der Waals surface area contributed by atoms with Gasteiger partial charge in [0.2, 0.25) is 17.6 Å². The van der Waals surface area contributed by atoms with Crippen LogP contribution >= 0.6 is 11.8 Å². The second-order valence-electron chi connectivity index (χ2n) is 7.22. The molecule has 3 heterocycles. The van der Waals surface area contributed by atoms with E-state index in [9.17, 15) is 9.59 Å². The lowest BCUT2D eigenvalue weighted by Gasteiger charge is -2.12. The van der Waals surface area contributed by atoms with Crippen molar-refractivity contribution >= 4 is 40.2 Å². The van der Waals surface area contributed by atoms with E-state index in [-0.39, 0.29) is 11.5 Å². The maximum atomic E-state index is 13.1. The zero-order chi connectivity index (χ0) is 22.7. The number of carbonyl (C=O) groups excluding carboxylic acids is 1. The Morgan fingerprint density at radius 2 is 2.12 bits per heavy atom. The van der Waals surface area contributed by atoms with Gasteiger partial charge in [0.15, 0.2) is 5.16 Å². The van der Waals surface area contributed by atoms with Crippen molar-refractivity contribution in [3.63, 3.8) is 0 Å². The highest BCUT2D eigenvalue weighted by molar-refractivity contribution is 8.00. The summed E-state index contributed by atoms with van der Waals surface area (Å²) in [5.74, 6) is 0.475. The molecule has 1 N–H and O–H groups in total. The van der Waals surface area contributed by atoms with E-state index in [1.54, 1.807) is 30.5 Å². The predicted molar refractivity (Wildman–Crippen MR) is 121 cm³/mol. The van der Waals surface area contributed by atoms with Crippen molar-refractivity contribution in [3.8, 4) is 0 Å². The quantitative estimate of drug-likeness (QED) is 0.302. The average Bonchev–Trinajstić information content (AvgIpc) is 3.39. The highest BCUT2D eigenvalue weighted by atomic mass is 32.2. The lowest BCUT2D eigenvalue weighted by atomic mass is 10.2. The Balaban J connectivity index is 1.67. The Labute approximate surface area is 187 Å². The summed E-state index contributed by atoms with van der Waals surface area (Å²) in [6, 6.07) is 8.97. The number of hydrogen-bond donors (Lipinski definition) is 1. The van der Waals surface area contributed by atoms with Crippen molar-refractivity contribution in [1.82, 2.24) is 24.3 Å². The molecule has 0 fully saturated rings. The number of fused-ring (bicyclic) bond motifs is 3. The number of ether oxygens (including phenoxy) is 1. The van der Waals surface area contributed by atoms with Crippen LogP contribution in [0.4, 0.5) is 5.88 Å². The first kappa shape index (κ1) is 22.0. The fraction of sp³-hybridized carbons (Fsp3) is 0.381. The number of rotatable bonds is 9. The number of benzene rings is 1. The number of nitrogens with one attached hydrogen (secondary N) is 1. The van der Waals surface area contributed by atoms with E-state index in [2.05, 4.69) is 20.7 Å². The van der Waals surface area contributed by atoms with Gasteiger partial charge in [-0.1, -0.05) is 29.1 Å². The Morgan fingerprint density at radius 1 is 1.31 bits per heavy atom. The van der Waals surface area contributed by atoms with Crippen molar-refractivity contribution in [2.75, 3.05) is 18.5 Å². The van der Waals surface area contributed by atoms with E-state index in [0.717, 1.165) is 0 Å². The Bertz CT molecular complexity index is 1310. The molecule has 10 nitrogen and oxygen atoms in total. The van der Waals surface area contributed by atoms with E-state index in [1.165, 1.54) is 11.8 Å². The van der Waals surface area contributed by atoms with Gasteiger partial charge < -0.3 is 9.26 Å². The van der Waals surface area contributed by atoms with Crippen LogP contribution in [-0.4, -0.2) is 48.7 Å². The normalized spacial score (nSPS) is 12.5. The standard InChI is InChI=1S/C21H24N6O4S/c1-4-30-11-7-10-26-19(29)15-8-5-6-9-16(15)27-20(26)23-24-21(27)32-14(3)18(28)22-17-12-13(2)25-31-17/h5-6,8-9,12,14H,4,7,10-11H2,1-3H3,(H,22,28). The average molecular weight is 457 g/mol. The first-order valence-corrected chi connectivity index (χ1v) is 11.2.